The van der Waals surface area contributed by atoms with Crippen LogP contribution in [0.15, 0.2) is 72.8 Å². The molecule has 0 spiro atoms. The molecule has 0 fully saturated rings. The summed E-state index contributed by atoms with van der Waals surface area (Å²) in [5, 5.41) is 43.5. The second kappa shape index (κ2) is 17.7. The second-order valence-corrected chi connectivity index (χ2v) is 12.7. The van der Waals surface area contributed by atoms with Gasteiger partial charge in [-0.1, -0.05) is 36.4 Å². The van der Waals surface area contributed by atoms with Crippen molar-refractivity contribution < 1.29 is 47.7 Å². The number of phenolic OH excluding ortho intramolecular Hbond substituents is 1. The van der Waals surface area contributed by atoms with Crippen LogP contribution in [0, 0.1) is 0 Å². The zero-order chi connectivity index (χ0) is 31.9. The normalized spacial score (nSPS) is 12.1. The highest BCUT2D eigenvalue weighted by Crippen LogP contribution is 2.21. The van der Waals surface area contributed by atoms with E-state index in [1.54, 1.807) is 24.3 Å². The van der Waals surface area contributed by atoms with Crippen LogP contribution < -0.4 is 14.7 Å². The highest BCUT2D eigenvalue weighted by molar-refractivity contribution is 8.00. The quantitative estimate of drug-likeness (QED) is 0.125. The lowest BCUT2D eigenvalue weighted by Crippen LogP contribution is -2.50. The third-order valence-corrected chi connectivity index (χ3v) is 7.75. The predicted octanol–water partition coefficient (Wildman–Crippen LogP) is 1.98. The molecule has 0 heterocycles. The highest BCUT2D eigenvalue weighted by atomic mass is 32.2. The summed E-state index contributed by atoms with van der Waals surface area (Å²) in [6.45, 7) is -0.767. The fourth-order valence-electron chi connectivity index (χ4n) is 3.46. The molecule has 7 N–H and O–H groups in total. The van der Waals surface area contributed by atoms with Crippen LogP contribution in [0.5, 0.6) is 17.2 Å². The molecular formula is C30H39NO10S2. The number of aromatic hydroxyl groups is 1. The monoisotopic (exact) mass is 637 g/mol. The number of hydrogen-bond donors (Lipinski definition) is 6. The number of aliphatic carboxylic acids is 1. The number of phenols is 1. The molecule has 11 nitrogen and oxygen atoms in total. The summed E-state index contributed by atoms with van der Waals surface area (Å²) in [6, 6.07) is 21.2. The van der Waals surface area contributed by atoms with Crippen LogP contribution in [0.3, 0.4) is 0 Å². The van der Waals surface area contributed by atoms with E-state index in [4.69, 9.17) is 30.0 Å². The molecule has 1 atom stereocenters. The summed E-state index contributed by atoms with van der Waals surface area (Å²) in [6.07, 6.45) is 2.84. The molecule has 1 unspecified atom stereocenters. The van der Waals surface area contributed by atoms with Crippen LogP contribution >= 0.6 is 11.8 Å². The lowest BCUT2D eigenvalue weighted by Gasteiger charge is -2.20. The van der Waals surface area contributed by atoms with Crippen molar-refractivity contribution in [1.29, 1.82) is 0 Å². The number of carboxylic acid groups (broad SMARTS) is 1. The lowest BCUT2D eigenvalue weighted by molar-refractivity contribution is -0.136. The summed E-state index contributed by atoms with van der Waals surface area (Å²) < 4.78 is 32.8. The number of aryl methyl sites for hydroxylation is 1. The van der Waals surface area contributed by atoms with Gasteiger partial charge >= 0.3 is 16.1 Å². The first-order chi connectivity index (χ1) is 20.4. The van der Waals surface area contributed by atoms with Gasteiger partial charge in [0.15, 0.2) is 0 Å². The zero-order valence-corrected chi connectivity index (χ0v) is 25.5. The number of thioether (sulfide) groups is 1. The summed E-state index contributed by atoms with van der Waals surface area (Å²) in [4.78, 5) is 11.7. The van der Waals surface area contributed by atoms with Crippen LogP contribution in [0.2, 0.25) is 0 Å². The fraction of sp³-hybridized carbons (Fsp3) is 0.367. The van der Waals surface area contributed by atoms with Gasteiger partial charge in [0.1, 0.15) is 22.5 Å². The molecule has 0 aliphatic carbocycles. The van der Waals surface area contributed by atoms with Crippen molar-refractivity contribution in [3.05, 3.63) is 89.5 Å². The van der Waals surface area contributed by atoms with Crippen molar-refractivity contribution in [3.8, 4) is 17.2 Å². The number of nitrogens with two attached hydrogens (primary N) is 1. The number of hydrogen-bond acceptors (Lipinski definition) is 11. The maximum atomic E-state index is 11.7. The minimum absolute atomic E-state index is 0.218. The average Bonchev–Trinajstić information content (AvgIpc) is 2.98. The molecule has 0 amide bonds. The molecule has 0 saturated heterocycles. The van der Waals surface area contributed by atoms with Crippen LogP contribution in [-0.4, -0.2) is 89.1 Å². The average molecular weight is 638 g/mol. The number of carboxylic acids is 1. The summed E-state index contributed by atoms with van der Waals surface area (Å²) in [5.41, 5.74) is 7.02. The Balaban J connectivity index is 0.000000708. The van der Waals surface area contributed by atoms with Crippen molar-refractivity contribution in [2.24, 2.45) is 5.73 Å². The van der Waals surface area contributed by atoms with Crippen molar-refractivity contribution in [2.45, 2.75) is 30.1 Å². The molecule has 0 aromatic heterocycles. The van der Waals surface area contributed by atoms with Crippen LogP contribution in [-0.2, 0) is 34.2 Å². The van der Waals surface area contributed by atoms with Crippen LogP contribution in [0.1, 0.15) is 16.7 Å². The highest BCUT2D eigenvalue weighted by Gasteiger charge is 2.21. The van der Waals surface area contributed by atoms with Gasteiger partial charge in [-0.15, -0.1) is 11.8 Å². The van der Waals surface area contributed by atoms with Crippen molar-refractivity contribution >= 4 is 27.8 Å². The molecule has 3 aromatic rings. The van der Waals surface area contributed by atoms with E-state index >= 15 is 0 Å². The Bertz CT molecular complexity index is 1340. The molecule has 43 heavy (non-hydrogen) atoms. The summed E-state index contributed by atoms with van der Waals surface area (Å²) in [5.74, 6) is 0.907. The Labute approximate surface area is 256 Å². The number of rotatable bonds is 16. The van der Waals surface area contributed by atoms with Crippen LogP contribution in [0.4, 0.5) is 0 Å². The molecule has 0 aliphatic rings. The lowest BCUT2D eigenvalue weighted by atomic mass is 10.1. The zero-order valence-electron chi connectivity index (χ0n) is 23.8. The SMILES string of the molecule is CS(=O)(=O)Oc1ccc(OCCc2ccc(CC(SCCc3ccc(O)cc3)C(=O)O)cc2)cc1.NC(CO)(CO)CO. The van der Waals surface area contributed by atoms with E-state index in [1.807, 2.05) is 36.4 Å². The predicted molar refractivity (Wildman–Crippen MR) is 165 cm³/mol. The molecule has 13 heteroatoms. The van der Waals surface area contributed by atoms with E-state index in [0.717, 1.165) is 29.4 Å². The van der Waals surface area contributed by atoms with Gasteiger partial charge in [-0.3, -0.25) is 4.79 Å². The molecule has 0 radical (unpaired) electrons. The molecule has 0 saturated carbocycles. The van der Waals surface area contributed by atoms with E-state index in [1.165, 1.54) is 23.9 Å². The van der Waals surface area contributed by atoms with Gasteiger partial charge in [0.2, 0.25) is 0 Å². The number of carbonyl (C=O) groups is 1. The second-order valence-electron chi connectivity index (χ2n) is 9.83. The standard InChI is InChI=1S/C26H28O7S2.C4H11NO3/c1-35(30,31)33-24-12-10-23(11-13-24)32-16-14-19-2-4-21(5-3-19)18-25(26(28)29)34-17-15-20-6-8-22(27)9-7-20;5-4(1-6,2-7)3-8/h2-13,25,27H,14-18H2,1H3,(H,28,29);6-8H,1-3,5H2. The first-order valence-electron chi connectivity index (χ1n) is 13.3. The van der Waals surface area contributed by atoms with Crippen molar-refractivity contribution in [3.63, 3.8) is 0 Å². The molecular weight excluding hydrogens is 598 g/mol. The summed E-state index contributed by atoms with van der Waals surface area (Å²) >= 11 is 1.42. The third-order valence-electron chi connectivity index (χ3n) is 6.04. The maximum Gasteiger partial charge on any atom is 0.316 e. The Kier molecular flexibility index (Phi) is 14.8. The minimum atomic E-state index is -3.56. The van der Waals surface area contributed by atoms with Gasteiger partial charge in [-0.05, 0) is 71.7 Å². The van der Waals surface area contributed by atoms with Gasteiger partial charge in [-0.2, -0.15) is 8.42 Å². The fourth-order valence-corrected chi connectivity index (χ4v) is 5.01. The Morgan fingerprint density at radius 1 is 0.837 bits per heavy atom. The number of benzene rings is 3. The minimum Gasteiger partial charge on any atom is -0.508 e. The van der Waals surface area contributed by atoms with E-state index in [9.17, 15) is 23.4 Å². The van der Waals surface area contributed by atoms with Crippen molar-refractivity contribution in [2.75, 3.05) is 38.4 Å². The maximum absolute atomic E-state index is 11.7. The van der Waals surface area contributed by atoms with Gasteiger partial charge in [0.25, 0.3) is 0 Å². The largest absolute Gasteiger partial charge is 0.508 e. The molecule has 3 aromatic carbocycles. The van der Waals surface area contributed by atoms with Crippen LogP contribution in [0.25, 0.3) is 0 Å². The first-order valence-corrected chi connectivity index (χ1v) is 16.2. The van der Waals surface area contributed by atoms with E-state index in [0.29, 0.717) is 31.0 Å². The molecule has 0 aliphatic heterocycles. The Hall–Kier alpha value is -3.33. The van der Waals surface area contributed by atoms with E-state index in [-0.39, 0.29) is 11.5 Å². The van der Waals surface area contributed by atoms with Gasteiger partial charge in [0.05, 0.1) is 38.2 Å². The van der Waals surface area contributed by atoms with Crippen molar-refractivity contribution in [1.82, 2.24) is 0 Å². The van der Waals surface area contributed by atoms with E-state index in [2.05, 4.69) is 0 Å². The molecule has 236 valence electrons. The molecule has 0 bridgehead atoms. The number of aliphatic hydroxyl groups excluding tert-OH is 3. The smallest absolute Gasteiger partial charge is 0.316 e. The topological polar surface area (TPSA) is 197 Å². The Morgan fingerprint density at radius 2 is 1.33 bits per heavy atom. The number of ether oxygens (including phenoxy) is 1. The van der Waals surface area contributed by atoms with Gasteiger partial charge < -0.3 is 40.2 Å². The molecule has 3 rings (SSSR count). The van der Waals surface area contributed by atoms with Gasteiger partial charge in [0, 0.05) is 6.42 Å². The third kappa shape index (κ3) is 14.1. The summed E-state index contributed by atoms with van der Waals surface area (Å²) in [7, 11) is -3.56. The van der Waals surface area contributed by atoms with E-state index < -0.39 is 46.7 Å². The first kappa shape index (κ1) is 35.9. The Morgan fingerprint density at radius 3 is 1.81 bits per heavy atom. The number of aliphatic hydroxyl groups is 3. The van der Waals surface area contributed by atoms with Gasteiger partial charge in [-0.25, -0.2) is 0 Å².